The van der Waals surface area contributed by atoms with Crippen LogP contribution in [0, 0.1) is 6.92 Å². The predicted molar refractivity (Wildman–Crippen MR) is 120 cm³/mol. The molecule has 0 saturated heterocycles. The molecule has 5 nitrogen and oxygen atoms in total. The van der Waals surface area contributed by atoms with E-state index in [1.54, 1.807) is 36.1 Å². The third-order valence-electron chi connectivity index (χ3n) is 4.73. The minimum atomic E-state index is -0.650. The number of ether oxygens (including phenoxy) is 1. The highest BCUT2D eigenvalue weighted by Crippen LogP contribution is 2.19. The van der Waals surface area contributed by atoms with E-state index < -0.39 is 6.10 Å². The Bertz CT molecular complexity index is 983. The van der Waals surface area contributed by atoms with E-state index in [-0.39, 0.29) is 11.8 Å². The second-order valence-corrected chi connectivity index (χ2v) is 7.02. The molecule has 0 bridgehead atoms. The molecule has 3 aromatic carbocycles. The van der Waals surface area contributed by atoms with Gasteiger partial charge in [-0.2, -0.15) is 0 Å². The van der Waals surface area contributed by atoms with Gasteiger partial charge in [0.15, 0.2) is 6.10 Å². The standard InChI is InChI=1S/C25H26N2O3/c1-4-27(22-8-6-5-7-9-22)25(29)20-12-14-21(15-13-20)26-24(28)19(3)30-23-16-10-18(2)11-17-23/h5-17,19H,4H2,1-3H3,(H,26,28). The topological polar surface area (TPSA) is 58.6 Å². The molecule has 0 aliphatic rings. The largest absolute Gasteiger partial charge is 0.481 e. The zero-order chi connectivity index (χ0) is 21.5. The van der Waals surface area contributed by atoms with Crippen LogP contribution in [0.2, 0.25) is 0 Å². The quantitative estimate of drug-likeness (QED) is 0.600. The first-order valence-corrected chi connectivity index (χ1v) is 9.99. The Morgan fingerprint density at radius 2 is 1.57 bits per heavy atom. The first-order valence-electron chi connectivity index (χ1n) is 9.99. The summed E-state index contributed by atoms with van der Waals surface area (Å²) in [6, 6.07) is 24.0. The van der Waals surface area contributed by atoms with Crippen LogP contribution in [0.25, 0.3) is 0 Å². The van der Waals surface area contributed by atoms with Crippen LogP contribution >= 0.6 is 0 Å². The summed E-state index contributed by atoms with van der Waals surface area (Å²) in [5, 5.41) is 2.83. The van der Waals surface area contributed by atoms with Gasteiger partial charge in [0.05, 0.1) is 0 Å². The fraction of sp³-hybridized carbons (Fsp3) is 0.200. The number of anilines is 2. The lowest BCUT2D eigenvalue weighted by Crippen LogP contribution is -2.31. The Kier molecular flexibility index (Phi) is 6.86. The molecule has 0 aromatic heterocycles. The molecule has 154 valence electrons. The number of aryl methyl sites for hydroxylation is 1. The van der Waals surface area contributed by atoms with Gasteiger partial charge >= 0.3 is 0 Å². The Morgan fingerprint density at radius 1 is 0.933 bits per heavy atom. The van der Waals surface area contributed by atoms with Crippen LogP contribution in [-0.4, -0.2) is 24.5 Å². The van der Waals surface area contributed by atoms with Gasteiger partial charge in [0.2, 0.25) is 0 Å². The highest BCUT2D eigenvalue weighted by Gasteiger charge is 2.17. The van der Waals surface area contributed by atoms with Crippen molar-refractivity contribution in [3.63, 3.8) is 0 Å². The Balaban J connectivity index is 1.62. The van der Waals surface area contributed by atoms with Gasteiger partial charge < -0.3 is 15.0 Å². The molecule has 0 fully saturated rings. The van der Waals surface area contributed by atoms with Crippen LogP contribution in [0.1, 0.15) is 29.8 Å². The van der Waals surface area contributed by atoms with Crippen molar-refractivity contribution in [2.75, 3.05) is 16.8 Å². The average molecular weight is 402 g/mol. The van der Waals surface area contributed by atoms with E-state index in [9.17, 15) is 9.59 Å². The number of hydrogen-bond acceptors (Lipinski definition) is 3. The molecule has 5 heteroatoms. The molecule has 1 unspecified atom stereocenters. The molecular weight excluding hydrogens is 376 g/mol. The summed E-state index contributed by atoms with van der Waals surface area (Å²) in [7, 11) is 0. The second kappa shape index (κ2) is 9.74. The van der Waals surface area contributed by atoms with Crippen molar-refractivity contribution in [2.24, 2.45) is 0 Å². The summed E-state index contributed by atoms with van der Waals surface area (Å²) < 4.78 is 5.69. The molecule has 3 aromatic rings. The molecule has 2 amide bonds. The maximum Gasteiger partial charge on any atom is 0.265 e. The minimum absolute atomic E-state index is 0.0855. The maximum atomic E-state index is 12.9. The van der Waals surface area contributed by atoms with Gasteiger partial charge in [0.25, 0.3) is 11.8 Å². The van der Waals surface area contributed by atoms with Gasteiger partial charge in [-0.05, 0) is 69.3 Å². The number of benzene rings is 3. The van der Waals surface area contributed by atoms with Gasteiger partial charge in [-0.15, -0.1) is 0 Å². The van der Waals surface area contributed by atoms with E-state index in [2.05, 4.69) is 5.32 Å². The highest BCUT2D eigenvalue weighted by atomic mass is 16.5. The average Bonchev–Trinajstić information content (AvgIpc) is 2.77. The first-order chi connectivity index (χ1) is 14.5. The van der Waals surface area contributed by atoms with E-state index in [1.165, 1.54) is 0 Å². The van der Waals surface area contributed by atoms with Crippen LogP contribution in [0.4, 0.5) is 11.4 Å². The lowest BCUT2D eigenvalue weighted by molar-refractivity contribution is -0.122. The van der Waals surface area contributed by atoms with Crippen molar-refractivity contribution in [1.82, 2.24) is 0 Å². The number of hydrogen-bond donors (Lipinski definition) is 1. The maximum absolute atomic E-state index is 12.9. The first kappa shape index (κ1) is 21.1. The summed E-state index contributed by atoms with van der Waals surface area (Å²) >= 11 is 0. The molecular formula is C25H26N2O3. The molecule has 3 rings (SSSR count). The third kappa shape index (κ3) is 5.26. The number of carbonyl (C=O) groups is 2. The van der Waals surface area contributed by atoms with Crippen molar-refractivity contribution < 1.29 is 14.3 Å². The van der Waals surface area contributed by atoms with Gasteiger partial charge in [0, 0.05) is 23.5 Å². The number of para-hydroxylation sites is 1. The predicted octanol–water partition coefficient (Wildman–Crippen LogP) is 5.07. The van der Waals surface area contributed by atoms with Gasteiger partial charge in [-0.25, -0.2) is 0 Å². The molecule has 1 N–H and O–H groups in total. The summed E-state index contributed by atoms with van der Waals surface area (Å²) in [5.41, 5.74) is 3.15. The smallest absolute Gasteiger partial charge is 0.265 e. The molecule has 0 aliphatic heterocycles. The SMILES string of the molecule is CCN(C(=O)c1ccc(NC(=O)C(C)Oc2ccc(C)cc2)cc1)c1ccccc1. The third-order valence-corrected chi connectivity index (χ3v) is 4.73. The van der Waals surface area contributed by atoms with E-state index >= 15 is 0 Å². The van der Waals surface area contributed by atoms with E-state index in [1.807, 2.05) is 68.4 Å². The Morgan fingerprint density at radius 3 is 2.17 bits per heavy atom. The van der Waals surface area contributed by atoms with Gasteiger partial charge in [0.1, 0.15) is 5.75 Å². The summed E-state index contributed by atoms with van der Waals surface area (Å²) in [6.45, 7) is 6.20. The lowest BCUT2D eigenvalue weighted by atomic mass is 10.1. The van der Waals surface area contributed by atoms with Crippen molar-refractivity contribution in [2.45, 2.75) is 26.9 Å². The monoisotopic (exact) mass is 402 g/mol. The Hall–Kier alpha value is -3.60. The van der Waals surface area contributed by atoms with E-state index in [0.29, 0.717) is 23.5 Å². The van der Waals surface area contributed by atoms with Crippen molar-refractivity contribution in [3.8, 4) is 5.75 Å². The molecule has 0 saturated carbocycles. The summed E-state index contributed by atoms with van der Waals surface area (Å²) in [5.74, 6) is 0.302. The number of amides is 2. The molecule has 1 atom stereocenters. The Labute approximate surface area is 177 Å². The van der Waals surface area contributed by atoms with Crippen LogP contribution in [-0.2, 0) is 4.79 Å². The number of rotatable bonds is 7. The normalized spacial score (nSPS) is 11.4. The van der Waals surface area contributed by atoms with Crippen molar-refractivity contribution in [1.29, 1.82) is 0 Å². The number of nitrogens with zero attached hydrogens (tertiary/aromatic N) is 1. The second-order valence-electron chi connectivity index (χ2n) is 7.02. The number of carbonyl (C=O) groups excluding carboxylic acids is 2. The zero-order valence-electron chi connectivity index (χ0n) is 17.5. The molecule has 0 aliphatic carbocycles. The van der Waals surface area contributed by atoms with Crippen LogP contribution < -0.4 is 15.0 Å². The lowest BCUT2D eigenvalue weighted by Gasteiger charge is -2.21. The van der Waals surface area contributed by atoms with Crippen molar-refractivity contribution in [3.05, 3.63) is 90.0 Å². The summed E-state index contributed by atoms with van der Waals surface area (Å²) in [6.07, 6.45) is -0.650. The van der Waals surface area contributed by atoms with E-state index in [4.69, 9.17) is 4.74 Å². The molecule has 30 heavy (non-hydrogen) atoms. The molecule has 0 radical (unpaired) electrons. The molecule has 0 spiro atoms. The van der Waals surface area contributed by atoms with Crippen LogP contribution in [0.5, 0.6) is 5.75 Å². The highest BCUT2D eigenvalue weighted by molar-refractivity contribution is 6.06. The minimum Gasteiger partial charge on any atom is -0.481 e. The van der Waals surface area contributed by atoms with Gasteiger partial charge in [-0.1, -0.05) is 35.9 Å². The molecule has 0 heterocycles. The number of nitrogens with one attached hydrogen (secondary N) is 1. The zero-order valence-corrected chi connectivity index (χ0v) is 17.5. The summed E-state index contributed by atoms with van der Waals surface area (Å²) in [4.78, 5) is 27.0. The van der Waals surface area contributed by atoms with Crippen molar-refractivity contribution >= 4 is 23.2 Å². The fourth-order valence-electron chi connectivity index (χ4n) is 3.02. The van der Waals surface area contributed by atoms with Gasteiger partial charge in [-0.3, -0.25) is 9.59 Å². The van der Waals surface area contributed by atoms with Crippen LogP contribution in [0.3, 0.4) is 0 Å². The fourth-order valence-corrected chi connectivity index (χ4v) is 3.02. The van der Waals surface area contributed by atoms with Crippen LogP contribution in [0.15, 0.2) is 78.9 Å². The van der Waals surface area contributed by atoms with E-state index in [0.717, 1.165) is 11.3 Å².